The molecule has 0 fully saturated rings. The predicted octanol–water partition coefficient (Wildman–Crippen LogP) is 4.56. The lowest BCUT2D eigenvalue weighted by Gasteiger charge is -2.01. The quantitative estimate of drug-likeness (QED) is 0.535. The summed E-state index contributed by atoms with van der Waals surface area (Å²) < 4.78 is 0. The summed E-state index contributed by atoms with van der Waals surface area (Å²) >= 11 is 12.3. The van der Waals surface area contributed by atoms with Crippen molar-refractivity contribution in [3.8, 4) is 11.1 Å². The number of fused-ring (bicyclic) bond motifs is 3. The van der Waals surface area contributed by atoms with Gasteiger partial charge in [-0.3, -0.25) is 0 Å². The fourth-order valence-electron chi connectivity index (χ4n) is 2.16. The molecule has 0 N–H and O–H groups in total. The van der Waals surface area contributed by atoms with Gasteiger partial charge in [0.2, 0.25) is 0 Å². The number of benzene rings is 2. The first kappa shape index (κ1) is 9.26. The number of rotatable bonds is 0. The van der Waals surface area contributed by atoms with Gasteiger partial charge in [-0.1, -0.05) is 47.5 Å². The van der Waals surface area contributed by atoms with Crippen molar-refractivity contribution >= 4 is 23.2 Å². The van der Waals surface area contributed by atoms with E-state index in [1.54, 1.807) is 0 Å². The smallest absolute Gasteiger partial charge is 0.0447 e. The van der Waals surface area contributed by atoms with Gasteiger partial charge in [0, 0.05) is 16.5 Å². The first-order chi connectivity index (χ1) is 7.27. The Bertz CT molecular complexity index is 495. The van der Waals surface area contributed by atoms with Crippen LogP contribution in [0.4, 0.5) is 0 Å². The second kappa shape index (κ2) is 3.26. The van der Waals surface area contributed by atoms with E-state index >= 15 is 0 Å². The summed E-state index contributed by atoms with van der Waals surface area (Å²) in [6.07, 6.45) is 0.851. The van der Waals surface area contributed by atoms with Crippen LogP contribution in [0.15, 0.2) is 36.4 Å². The fourth-order valence-corrected chi connectivity index (χ4v) is 2.64. The average Bonchev–Trinajstić information content (AvgIpc) is 2.60. The van der Waals surface area contributed by atoms with Crippen LogP contribution in [0.25, 0.3) is 11.1 Å². The lowest BCUT2D eigenvalue weighted by atomic mass is 10.1. The third kappa shape index (κ3) is 1.29. The molecule has 74 valence electrons. The van der Waals surface area contributed by atoms with Gasteiger partial charge in [-0.2, -0.15) is 0 Å². The van der Waals surface area contributed by atoms with Gasteiger partial charge < -0.3 is 0 Å². The molecule has 0 spiro atoms. The van der Waals surface area contributed by atoms with Crippen LogP contribution in [0.5, 0.6) is 0 Å². The highest BCUT2D eigenvalue weighted by Crippen LogP contribution is 2.42. The third-order valence-electron chi connectivity index (χ3n) is 2.88. The van der Waals surface area contributed by atoms with Gasteiger partial charge in [0.05, 0.1) is 0 Å². The molecule has 0 bridgehead atoms. The van der Waals surface area contributed by atoms with Crippen LogP contribution < -0.4 is 0 Å². The molecule has 0 heterocycles. The van der Waals surface area contributed by atoms with Crippen molar-refractivity contribution in [1.29, 1.82) is 0 Å². The van der Waals surface area contributed by atoms with Crippen LogP contribution in [-0.4, -0.2) is 0 Å². The molecule has 0 aromatic heterocycles. The van der Waals surface area contributed by atoms with Crippen molar-refractivity contribution in [3.05, 3.63) is 57.6 Å². The minimum absolute atomic E-state index is 0.833. The molecule has 0 atom stereocenters. The second-order valence-corrected chi connectivity index (χ2v) is 4.52. The monoisotopic (exact) mass is 234 g/mol. The molecule has 0 saturated heterocycles. The lowest BCUT2D eigenvalue weighted by molar-refractivity contribution is 1.26. The topological polar surface area (TPSA) is 0 Å². The highest BCUT2D eigenvalue weighted by molar-refractivity contribution is 6.33. The van der Waals surface area contributed by atoms with Crippen LogP contribution in [0.2, 0.25) is 10.0 Å². The molecule has 0 saturated carbocycles. The van der Waals surface area contributed by atoms with E-state index in [0.29, 0.717) is 0 Å². The van der Waals surface area contributed by atoms with Gasteiger partial charge in [-0.25, -0.2) is 0 Å². The molecule has 0 unspecified atom stereocenters. The van der Waals surface area contributed by atoms with Gasteiger partial charge in [0.25, 0.3) is 0 Å². The van der Waals surface area contributed by atoms with E-state index in [2.05, 4.69) is 12.1 Å². The summed E-state index contributed by atoms with van der Waals surface area (Å²) in [6.45, 7) is 0. The van der Waals surface area contributed by atoms with E-state index < -0.39 is 0 Å². The molecule has 2 aromatic rings. The Morgan fingerprint density at radius 3 is 1.67 bits per heavy atom. The zero-order valence-corrected chi connectivity index (χ0v) is 9.44. The molecule has 2 aromatic carbocycles. The molecule has 2 heteroatoms. The van der Waals surface area contributed by atoms with E-state index in [1.807, 2.05) is 24.3 Å². The molecular weight excluding hydrogens is 227 g/mol. The maximum absolute atomic E-state index is 6.17. The van der Waals surface area contributed by atoms with Crippen LogP contribution in [0.1, 0.15) is 11.1 Å². The number of hydrogen-bond acceptors (Lipinski definition) is 0. The van der Waals surface area contributed by atoms with E-state index in [0.717, 1.165) is 16.5 Å². The first-order valence-corrected chi connectivity index (χ1v) is 5.58. The van der Waals surface area contributed by atoms with Crippen molar-refractivity contribution in [2.24, 2.45) is 0 Å². The SMILES string of the molecule is Clc1cccc2c1Cc1c(Cl)cccc1-2. The van der Waals surface area contributed by atoms with Crippen LogP contribution in [0.3, 0.4) is 0 Å². The van der Waals surface area contributed by atoms with Crippen molar-refractivity contribution in [3.63, 3.8) is 0 Å². The summed E-state index contributed by atoms with van der Waals surface area (Å²) in [7, 11) is 0. The highest BCUT2D eigenvalue weighted by Gasteiger charge is 2.21. The van der Waals surface area contributed by atoms with Crippen LogP contribution >= 0.6 is 23.2 Å². The van der Waals surface area contributed by atoms with Crippen molar-refractivity contribution in [2.75, 3.05) is 0 Å². The van der Waals surface area contributed by atoms with Gasteiger partial charge >= 0.3 is 0 Å². The van der Waals surface area contributed by atoms with Gasteiger partial charge in [-0.05, 0) is 34.4 Å². The van der Waals surface area contributed by atoms with Crippen molar-refractivity contribution < 1.29 is 0 Å². The maximum Gasteiger partial charge on any atom is 0.0447 e. The molecule has 0 amide bonds. The fraction of sp³-hybridized carbons (Fsp3) is 0.0769. The van der Waals surface area contributed by atoms with Crippen LogP contribution in [0, 0.1) is 0 Å². The number of hydrogen-bond donors (Lipinski definition) is 0. The Morgan fingerprint density at radius 2 is 1.20 bits per heavy atom. The van der Waals surface area contributed by atoms with Gasteiger partial charge in [0.15, 0.2) is 0 Å². The zero-order chi connectivity index (χ0) is 10.4. The molecule has 15 heavy (non-hydrogen) atoms. The van der Waals surface area contributed by atoms with Gasteiger partial charge in [0.1, 0.15) is 0 Å². The van der Waals surface area contributed by atoms with Crippen LogP contribution in [-0.2, 0) is 6.42 Å². The highest BCUT2D eigenvalue weighted by atomic mass is 35.5. The Hall–Kier alpha value is -0.980. The maximum atomic E-state index is 6.17. The normalized spacial score (nSPS) is 12.4. The minimum Gasteiger partial charge on any atom is -0.0840 e. The Balaban J connectivity index is 2.33. The Labute approximate surface area is 98.5 Å². The van der Waals surface area contributed by atoms with E-state index in [1.165, 1.54) is 22.3 Å². The summed E-state index contributed by atoms with van der Waals surface area (Å²) in [6, 6.07) is 12.0. The van der Waals surface area contributed by atoms with Crippen molar-refractivity contribution in [2.45, 2.75) is 6.42 Å². The lowest BCUT2D eigenvalue weighted by Crippen LogP contribution is -1.82. The van der Waals surface area contributed by atoms with E-state index in [4.69, 9.17) is 23.2 Å². The largest absolute Gasteiger partial charge is 0.0840 e. The van der Waals surface area contributed by atoms with E-state index in [-0.39, 0.29) is 0 Å². The average molecular weight is 235 g/mol. The molecule has 0 radical (unpaired) electrons. The molecule has 0 nitrogen and oxygen atoms in total. The summed E-state index contributed by atoms with van der Waals surface area (Å²) in [5.41, 5.74) is 4.84. The second-order valence-electron chi connectivity index (χ2n) is 3.71. The molecule has 0 aliphatic heterocycles. The van der Waals surface area contributed by atoms with E-state index in [9.17, 15) is 0 Å². The zero-order valence-electron chi connectivity index (χ0n) is 7.93. The Kier molecular flexibility index (Phi) is 2.01. The predicted molar refractivity (Wildman–Crippen MR) is 64.7 cm³/mol. The van der Waals surface area contributed by atoms with Crippen molar-refractivity contribution in [1.82, 2.24) is 0 Å². The molecular formula is C13H8Cl2. The molecule has 3 rings (SSSR count). The minimum atomic E-state index is 0.833. The molecule has 1 aliphatic carbocycles. The van der Waals surface area contributed by atoms with Gasteiger partial charge in [-0.15, -0.1) is 0 Å². The third-order valence-corrected chi connectivity index (χ3v) is 3.59. The summed E-state index contributed by atoms with van der Waals surface area (Å²) in [5, 5.41) is 1.67. The first-order valence-electron chi connectivity index (χ1n) is 4.82. The standard InChI is InChI=1S/C13H8Cl2/c14-12-5-1-3-8-9-4-2-6-13(15)11(9)7-10(8)12/h1-6H,7H2. The Morgan fingerprint density at radius 1 is 0.733 bits per heavy atom. The summed E-state index contributed by atoms with van der Waals surface area (Å²) in [4.78, 5) is 0. The number of halogens is 2. The molecule has 1 aliphatic rings. The summed E-state index contributed by atoms with van der Waals surface area (Å²) in [5.74, 6) is 0.